The van der Waals surface area contributed by atoms with Gasteiger partial charge in [-0.2, -0.15) is 0 Å². The second kappa shape index (κ2) is 28.2. The summed E-state index contributed by atoms with van der Waals surface area (Å²) in [7, 11) is -0.363. The van der Waals surface area contributed by atoms with Gasteiger partial charge < -0.3 is 0 Å². The molecule has 0 bridgehead atoms. The predicted octanol–water partition coefficient (Wildman–Crippen LogP) is 17.5. The van der Waals surface area contributed by atoms with Crippen LogP contribution in [-0.4, -0.2) is 69.9 Å². The summed E-state index contributed by atoms with van der Waals surface area (Å²) in [6.07, 6.45) is 70.9. The third kappa shape index (κ3) is 15.7. The molecule has 8 aliphatic rings. The Morgan fingerprint density at radius 2 is 0.281 bits per heavy atom. The standard InChI is InChI=1S/2C26H48P2.Ni/c2*1-5-13-23(14-6-1)27(24-15-7-2-8-16-24)21-22-28(25-17-9-3-10-18-25)26-19-11-4-12-20-26;/h2*23-26H,1-22H2;/p+4. The fourth-order valence-corrected chi connectivity index (χ4v) is 35.1. The van der Waals surface area contributed by atoms with Crippen LogP contribution in [0.15, 0.2) is 0 Å². The van der Waals surface area contributed by atoms with E-state index in [0.717, 1.165) is 0 Å². The van der Waals surface area contributed by atoms with Crippen molar-refractivity contribution in [1.29, 1.82) is 0 Å². The molecule has 0 atom stereocenters. The molecule has 0 amide bonds. The van der Waals surface area contributed by atoms with E-state index in [0.29, 0.717) is 0 Å². The Labute approximate surface area is 372 Å². The van der Waals surface area contributed by atoms with Crippen LogP contribution in [0.2, 0.25) is 0 Å². The monoisotopic (exact) mass is 907 g/mol. The van der Waals surface area contributed by atoms with Gasteiger partial charge >= 0.3 is 0 Å². The molecule has 0 spiro atoms. The van der Waals surface area contributed by atoms with Crippen LogP contribution in [0.4, 0.5) is 0 Å². The Bertz CT molecular complexity index is 760. The SMILES string of the molecule is C1CCC([PH+](CC[PH+](C2CCCCC2)C2CCCCC2)C2CCCCC2)CC1.C1CCC([PH+](CC[PH+](C2CCCCC2)C2CCCCC2)C2CCCCC2)CC1.[Ni]. The minimum absolute atomic E-state index is 0. The summed E-state index contributed by atoms with van der Waals surface area (Å²) in [4.78, 5) is 0. The van der Waals surface area contributed by atoms with Gasteiger partial charge in [0.1, 0.15) is 0 Å². The Balaban J connectivity index is 0.000000189. The van der Waals surface area contributed by atoms with Crippen molar-refractivity contribution in [2.45, 2.75) is 302 Å². The van der Waals surface area contributed by atoms with Crippen LogP contribution in [-0.2, 0) is 16.5 Å². The van der Waals surface area contributed by atoms with Crippen molar-refractivity contribution in [3.8, 4) is 0 Å². The molecule has 0 aromatic rings. The molecule has 0 aromatic heterocycles. The van der Waals surface area contributed by atoms with E-state index in [1.54, 1.807) is 281 Å². The molecule has 0 unspecified atom stereocenters. The van der Waals surface area contributed by atoms with Crippen molar-refractivity contribution in [2.75, 3.05) is 24.6 Å². The predicted molar refractivity (Wildman–Crippen MR) is 268 cm³/mol. The molecule has 0 N–H and O–H groups in total. The van der Waals surface area contributed by atoms with E-state index in [9.17, 15) is 0 Å². The summed E-state index contributed by atoms with van der Waals surface area (Å²) >= 11 is 0. The minimum Gasteiger partial charge on any atom is -0.0530 e. The second-order valence-corrected chi connectivity index (χ2v) is 35.1. The van der Waals surface area contributed by atoms with Crippen molar-refractivity contribution in [3.05, 3.63) is 0 Å². The van der Waals surface area contributed by atoms with Crippen molar-refractivity contribution < 1.29 is 16.5 Å². The van der Waals surface area contributed by atoms with E-state index in [2.05, 4.69) is 0 Å². The van der Waals surface area contributed by atoms with Crippen molar-refractivity contribution in [2.24, 2.45) is 0 Å². The molecule has 0 radical (unpaired) electrons. The zero-order chi connectivity index (χ0) is 38.0. The maximum absolute atomic E-state index is 1.77. The van der Waals surface area contributed by atoms with Gasteiger partial charge in [0.25, 0.3) is 0 Å². The quantitative estimate of drug-likeness (QED) is 0.120. The van der Waals surface area contributed by atoms with Gasteiger partial charge in [-0.1, -0.05) is 51.4 Å². The van der Waals surface area contributed by atoms with Crippen LogP contribution >= 0.6 is 31.7 Å². The first-order valence-corrected chi connectivity index (χ1v) is 34.7. The number of hydrogen-bond donors (Lipinski definition) is 0. The van der Waals surface area contributed by atoms with Crippen molar-refractivity contribution in [3.63, 3.8) is 0 Å². The van der Waals surface area contributed by atoms with Crippen LogP contribution in [0.5, 0.6) is 0 Å². The van der Waals surface area contributed by atoms with E-state index in [-0.39, 0.29) is 48.2 Å². The molecular weight excluding hydrogens is 807 g/mol. The molecule has 8 aliphatic carbocycles. The van der Waals surface area contributed by atoms with Gasteiger partial charge in [-0.15, -0.1) is 0 Å². The molecule has 0 nitrogen and oxygen atoms in total. The fourth-order valence-electron chi connectivity index (χ4n) is 15.3. The van der Waals surface area contributed by atoms with E-state index in [4.69, 9.17) is 0 Å². The third-order valence-electron chi connectivity index (χ3n) is 18.4. The maximum atomic E-state index is 1.77. The Hall–Kier alpha value is 2.21. The second-order valence-electron chi connectivity index (χ2n) is 22.0. The number of hydrogen-bond acceptors (Lipinski definition) is 0. The van der Waals surface area contributed by atoms with E-state index in [1.807, 2.05) is 0 Å². The largest absolute Gasteiger partial charge is 0.0910 e. The minimum atomic E-state index is -0.0909. The summed E-state index contributed by atoms with van der Waals surface area (Å²) in [6.45, 7) is 0. The molecular formula is C52H100NiP4+4. The van der Waals surface area contributed by atoms with Gasteiger partial charge in [-0.25, -0.2) is 0 Å². The molecule has 0 aliphatic heterocycles. The Kier molecular flexibility index (Phi) is 24.1. The molecule has 0 heterocycles. The number of rotatable bonds is 14. The summed E-state index contributed by atoms with van der Waals surface area (Å²) in [5, 5.41) is 0. The molecule has 334 valence electrons. The van der Waals surface area contributed by atoms with E-state index < -0.39 is 0 Å². The van der Waals surface area contributed by atoms with Crippen LogP contribution in [0, 0.1) is 0 Å². The molecule has 8 fully saturated rings. The van der Waals surface area contributed by atoms with Crippen LogP contribution in [0.1, 0.15) is 257 Å². The molecule has 8 rings (SSSR count). The van der Waals surface area contributed by atoms with Crippen molar-refractivity contribution in [1.82, 2.24) is 0 Å². The van der Waals surface area contributed by atoms with Crippen LogP contribution < -0.4 is 0 Å². The topological polar surface area (TPSA) is 0 Å². The van der Waals surface area contributed by atoms with Gasteiger partial charge in [0.15, 0.2) is 0 Å². The molecule has 0 aromatic carbocycles. The van der Waals surface area contributed by atoms with Gasteiger partial charge in [0, 0.05) is 48.2 Å². The third-order valence-corrected chi connectivity index (χ3v) is 35.8. The molecule has 8 saturated carbocycles. The molecule has 57 heavy (non-hydrogen) atoms. The fraction of sp³-hybridized carbons (Fsp3) is 1.00. The smallest absolute Gasteiger partial charge is 0.0530 e. The zero-order valence-corrected chi connectivity index (χ0v) is 43.0. The van der Waals surface area contributed by atoms with Gasteiger partial charge in [-0.3, -0.25) is 0 Å². The summed E-state index contributed by atoms with van der Waals surface area (Å²) in [6, 6.07) is 0. The first-order chi connectivity index (χ1) is 27.8. The molecule has 5 heteroatoms. The summed E-state index contributed by atoms with van der Waals surface area (Å²) in [5.41, 5.74) is 9.80. The van der Waals surface area contributed by atoms with Crippen molar-refractivity contribution >= 4 is 31.7 Å². The average Bonchev–Trinajstić information content (AvgIpc) is 3.29. The normalized spacial score (nSPS) is 27.2. The summed E-state index contributed by atoms with van der Waals surface area (Å²) in [5.74, 6) is 0. The maximum Gasteiger partial charge on any atom is 0.0910 e. The average molecular weight is 908 g/mol. The Morgan fingerprint density at radius 3 is 0.386 bits per heavy atom. The first kappa shape index (κ1) is 48.7. The van der Waals surface area contributed by atoms with Crippen LogP contribution in [0.3, 0.4) is 0 Å². The zero-order valence-electron chi connectivity index (χ0n) is 38.0. The molecule has 0 saturated heterocycles. The van der Waals surface area contributed by atoms with Gasteiger partial charge in [0.05, 0.1) is 69.9 Å². The first-order valence-electron chi connectivity index (χ1n) is 27.3. The van der Waals surface area contributed by atoms with Gasteiger partial charge in [0.2, 0.25) is 0 Å². The van der Waals surface area contributed by atoms with Crippen LogP contribution in [0.25, 0.3) is 0 Å². The van der Waals surface area contributed by atoms with E-state index in [1.165, 1.54) is 45.3 Å². The van der Waals surface area contributed by atoms with E-state index >= 15 is 0 Å². The Morgan fingerprint density at radius 1 is 0.175 bits per heavy atom. The van der Waals surface area contributed by atoms with Gasteiger partial charge in [-0.05, 0) is 205 Å². The summed E-state index contributed by atoms with van der Waals surface area (Å²) < 4.78 is 0.